The summed E-state index contributed by atoms with van der Waals surface area (Å²) < 4.78 is 7.10. The molecule has 0 aliphatic rings. The molecule has 1 aromatic heterocycles. The van der Waals surface area contributed by atoms with Crippen LogP contribution < -0.4 is 5.73 Å². The lowest BCUT2D eigenvalue weighted by molar-refractivity contribution is 0.151. The van der Waals surface area contributed by atoms with Crippen LogP contribution in [0.15, 0.2) is 12.4 Å². The minimum Gasteiger partial charge on any atom is -0.383 e. The Morgan fingerprint density at radius 3 is 2.92 bits per heavy atom. The Hall–Kier alpha value is -1.03. The van der Waals surface area contributed by atoms with Crippen molar-refractivity contribution in [3.8, 4) is 0 Å². The molecule has 0 saturated heterocycles. The fourth-order valence-corrected chi connectivity index (χ4v) is 1.46. The molecular weight excluding hydrogens is 166 g/mol. The number of anilines is 1. The minimum absolute atomic E-state index is 0.317. The van der Waals surface area contributed by atoms with Crippen LogP contribution in [0.1, 0.15) is 25.8 Å². The van der Waals surface area contributed by atoms with Crippen molar-refractivity contribution in [2.75, 3.05) is 19.5 Å². The zero-order chi connectivity index (χ0) is 9.68. The van der Waals surface area contributed by atoms with Crippen LogP contribution in [0.4, 0.5) is 5.95 Å². The van der Waals surface area contributed by atoms with E-state index in [1.54, 1.807) is 13.3 Å². The summed E-state index contributed by atoms with van der Waals surface area (Å²) in [5.41, 5.74) is 5.70. The van der Waals surface area contributed by atoms with Gasteiger partial charge in [-0.15, -0.1) is 0 Å². The van der Waals surface area contributed by atoms with Crippen molar-refractivity contribution in [3.05, 3.63) is 12.4 Å². The smallest absolute Gasteiger partial charge is 0.200 e. The van der Waals surface area contributed by atoms with Gasteiger partial charge in [0.2, 0.25) is 0 Å². The Balaban J connectivity index is 2.69. The number of hydrogen-bond donors (Lipinski definition) is 1. The predicted octanol–water partition coefficient (Wildman–Crippen LogP) is 1.45. The van der Waals surface area contributed by atoms with E-state index >= 15 is 0 Å². The summed E-state index contributed by atoms with van der Waals surface area (Å²) in [6.45, 7) is 2.84. The third-order valence-electron chi connectivity index (χ3n) is 2.07. The fourth-order valence-electron chi connectivity index (χ4n) is 1.46. The molecule has 0 radical (unpaired) electrons. The SMILES string of the molecule is CCCC(COC)n1ccnc1N. The quantitative estimate of drug-likeness (QED) is 0.751. The van der Waals surface area contributed by atoms with Crippen molar-refractivity contribution >= 4 is 5.95 Å². The average Bonchev–Trinajstić information content (AvgIpc) is 2.51. The van der Waals surface area contributed by atoms with Crippen LogP contribution in [-0.4, -0.2) is 23.3 Å². The summed E-state index contributed by atoms with van der Waals surface area (Å²) in [6.07, 6.45) is 5.79. The van der Waals surface area contributed by atoms with Crippen molar-refractivity contribution in [2.45, 2.75) is 25.8 Å². The fraction of sp³-hybridized carbons (Fsp3) is 0.667. The number of hydrogen-bond acceptors (Lipinski definition) is 3. The highest BCUT2D eigenvalue weighted by molar-refractivity contribution is 5.17. The van der Waals surface area contributed by atoms with E-state index in [9.17, 15) is 0 Å². The van der Waals surface area contributed by atoms with Gasteiger partial charge in [-0.3, -0.25) is 0 Å². The maximum atomic E-state index is 5.70. The third-order valence-corrected chi connectivity index (χ3v) is 2.07. The Morgan fingerprint density at radius 1 is 1.69 bits per heavy atom. The molecule has 1 rings (SSSR count). The Bertz CT molecular complexity index is 241. The number of imidazole rings is 1. The van der Waals surface area contributed by atoms with Crippen LogP contribution in [0, 0.1) is 0 Å². The van der Waals surface area contributed by atoms with E-state index in [0.29, 0.717) is 18.6 Å². The third kappa shape index (κ3) is 2.45. The zero-order valence-electron chi connectivity index (χ0n) is 8.23. The van der Waals surface area contributed by atoms with E-state index in [1.807, 2.05) is 10.8 Å². The van der Waals surface area contributed by atoms with Gasteiger partial charge in [0.1, 0.15) is 0 Å². The van der Waals surface area contributed by atoms with Crippen LogP contribution >= 0.6 is 0 Å². The Morgan fingerprint density at radius 2 is 2.46 bits per heavy atom. The van der Waals surface area contributed by atoms with Crippen molar-refractivity contribution in [1.82, 2.24) is 9.55 Å². The first-order valence-corrected chi connectivity index (χ1v) is 4.56. The number of nitrogen functional groups attached to an aromatic ring is 1. The summed E-state index contributed by atoms with van der Waals surface area (Å²) in [5.74, 6) is 0.565. The van der Waals surface area contributed by atoms with Crippen LogP contribution in [0.25, 0.3) is 0 Å². The number of aromatic nitrogens is 2. The van der Waals surface area contributed by atoms with Gasteiger partial charge in [-0.05, 0) is 6.42 Å². The number of methoxy groups -OCH3 is 1. The molecule has 2 N–H and O–H groups in total. The molecule has 13 heavy (non-hydrogen) atoms. The summed E-state index contributed by atoms with van der Waals surface area (Å²) in [7, 11) is 1.70. The molecule has 0 aliphatic heterocycles. The van der Waals surface area contributed by atoms with Gasteiger partial charge in [-0.2, -0.15) is 0 Å². The topological polar surface area (TPSA) is 53.1 Å². The molecule has 1 aromatic rings. The second-order valence-electron chi connectivity index (χ2n) is 3.09. The van der Waals surface area contributed by atoms with Gasteiger partial charge in [0.15, 0.2) is 5.95 Å². The van der Waals surface area contributed by atoms with E-state index in [1.165, 1.54) is 0 Å². The van der Waals surface area contributed by atoms with E-state index in [4.69, 9.17) is 10.5 Å². The molecule has 4 nitrogen and oxygen atoms in total. The lowest BCUT2D eigenvalue weighted by atomic mass is 10.2. The van der Waals surface area contributed by atoms with Gasteiger partial charge in [-0.25, -0.2) is 4.98 Å². The molecular formula is C9H17N3O. The maximum absolute atomic E-state index is 5.70. The zero-order valence-corrected chi connectivity index (χ0v) is 8.23. The van der Waals surface area contributed by atoms with Crippen molar-refractivity contribution < 1.29 is 4.74 Å². The van der Waals surface area contributed by atoms with Gasteiger partial charge in [0.05, 0.1) is 12.6 Å². The first-order chi connectivity index (χ1) is 6.29. The van der Waals surface area contributed by atoms with E-state index in [-0.39, 0.29) is 0 Å². The van der Waals surface area contributed by atoms with Gasteiger partial charge < -0.3 is 15.0 Å². The van der Waals surface area contributed by atoms with Crippen LogP contribution in [0.3, 0.4) is 0 Å². The highest BCUT2D eigenvalue weighted by Gasteiger charge is 2.11. The largest absolute Gasteiger partial charge is 0.383 e. The van der Waals surface area contributed by atoms with Gasteiger partial charge in [0, 0.05) is 19.5 Å². The van der Waals surface area contributed by atoms with Crippen LogP contribution in [0.2, 0.25) is 0 Å². The Kier molecular flexibility index (Phi) is 3.76. The van der Waals surface area contributed by atoms with E-state index in [2.05, 4.69) is 11.9 Å². The standard InChI is InChI=1S/C9H17N3O/c1-3-4-8(7-13-2)12-6-5-11-9(12)10/h5-6,8H,3-4,7H2,1-2H3,(H2,10,11). The highest BCUT2D eigenvalue weighted by atomic mass is 16.5. The molecule has 1 heterocycles. The second kappa shape index (κ2) is 4.87. The van der Waals surface area contributed by atoms with Crippen molar-refractivity contribution in [1.29, 1.82) is 0 Å². The summed E-state index contributed by atoms with van der Waals surface area (Å²) >= 11 is 0. The van der Waals surface area contributed by atoms with Crippen molar-refractivity contribution in [2.24, 2.45) is 0 Å². The van der Waals surface area contributed by atoms with Crippen LogP contribution in [-0.2, 0) is 4.74 Å². The van der Waals surface area contributed by atoms with E-state index < -0.39 is 0 Å². The summed E-state index contributed by atoms with van der Waals surface area (Å²) in [5, 5.41) is 0. The molecule has 0 bridgehead atoms. The van der Waals surface area contributed by atoms with Crippen molar-refractivity contribution in [3.63, 3.8) is 0 Å². The number of ether oxygens (including phenoxy) is 1. The highest BCUT2D eigenvalue weighted by Crippen LogP contribution is 2.16. The monoisotopic (exact) mass is 183 g/mol. The molecule has 4 heteroatoms. The Labute approximate surface area is 78.7 Å². The lowest BCUT2D eigenvalue weighted by Crippen LogP contribution is -2.15. The predicted molar refractivity (Wildman–Crippen MR) is 52.5 cm³/mol. The molecule has 74 valence electrons. The lowest BCUT2D eigenvalue weighted by Gasteiger charge is -2.17. The van der Waals surface area contributed by atoms with Gasteiger partial charge in [0.25, 0.3) is 0 Å². The molecule has 1 unspecified atom stereocenters. The van der Waals surface area contributed by atoms with E-state index in [0.717, 1.165) is 12.8 Å². The van der Waals surface area contributed by atoms with Crippen LogP contribution in [0.5, 0.6) is 0 Å². The maximum Gasteiger partial charge on any atom is 0.200 e. The summed E-state index contributed by atoms with van der Waals surface area (Å²) in [4.78, 5) is 3.99. The van der Waals surface area contributed by atoms with Gasteiger partial charge >= 0.3 is 0 Å². The number of nitrogens with zero attached hydrogens (tertiary/aromatic N) is 2. The number of nitrogens with two attached hydrogens (primary N) is 1. The molecule has 1 atom stereocenters. The molecule has 0 saturated carbocycles. The summed E-state index contributed by atoms with van der Waals surface area (Å²) in [6, 6.07) is 0.317. The molecule has 0 fully saturated rings. The first-order valence-electron chi connectivity index (χ1n) is 4.56. The second-order valence-corrected chi connectivity index (χ2v) is 3.09. The molecule has 0 amide bonds. The minimum atomic E-state index is 0.317. The van der Waals surface area contributed by atoms with Gasteiger partial charge in [-0.1, -0.05) is 13.3 Å². The molecule has 0 spiro atoms. The molecule has 0 aliphatic carbocycles. The molecule has 0 aromatic carbocycles. The number of rotatable bonds is 5. The average molecular weight is 183 g/mol. The normalized spacial score (nSPS) is 13.1. The first kappa shape index (κ1) is 10.1.